The van der Waals surface area contributed by atoms with Crippen molar-refractivity contribution >= 4 is 23.1 Å². The highest BCUT2D eigenvalue weighted by Crippen LogP contribution is 2.32. The number of nitrogens with one attached hydrogen (secondary N) is 1. The van der Waals surface area contributed by atoms with Gasteiger partial charge in [-0.15, -0.1) is 0 Å². The van der Waals surface area contributed by atoms with E-state index < -0.39 is 0 Å². The largest absolute Gasteiger partial charge is 0.491 e. The molecule has 2 aromatic carbocycles. The Morgan fingerprint density at radius 3 is 2.21 bits per heavy atom. The number of hydrogen-bond donors (Lipinski definition) is 1. The number of ether oxygens (including phenoxy) is 1. The Morgan fingerprint density at radius 2 is 1.62 bits per heavy atom. The van der Waals surface area contributed by atoms with Crippen LogP contribution in [0.15, 0.2) is 78.8 Å². The summed E-state index contributed by atoms with van der Waals surface area (Å²) >= 11 is 0. The number of hydrogen-bond acceptors (Lipinski definition) is 5. The lowest BCUT2D eigenvalue weighted by molar-refractivity contribution is -0.137. The molecule has 3 aromatic rings. The van der Waals surface area contributed by atoms with Gasteiger partial charge in [-0.2, -0.15) is 0 Å². The van der Waals surface area contributed by atoms with Crippen molar-refractivity contribution in [3.63, 3.8) is 0 Å². The van der Waals surface area contributed by atoms with E-state index in [0.29, 0.717) is 22.8 Å². The minimum Gasteiger partial charge on any atom is -0.491 e. The lowest BCUT2D eigenvalue weighted by Crippen LogP contribution is -2.32. The molecule has 0 radical (unpaired) electrons. The van der Waals surface area contributed by atoms with E-state index in [1.807, 2.05) is 68.4 Å². The van der Waals surface area contributed by atoms with Crippen LogP contribution in [-0.2, 0) is 16.1 Å². The van der Waals surface area contributed by atoms with Gasteiger partial charge in [0.05, 0.1) is 18.2 Å². The fourth-order valence-electron chi connectivity index (χ4n) is 3.85. The lowest BCUT2D eigenvalue weighted by Gasteiger charge is -2.15. The van der Waals surface area contributed by atoms with E-state index in [1.54, 1.807) is 18.5 Å². The Morgan fingerprint density at radius 1 is 0.912 bits per heavy atom. The van der Waals surface area contributed by atoms with E-state index in [2.05, 4.69) is 24.1 Å². The van der Waals surface area contributed by atoms with E-state index in [1.165, 1.54) is 10.5 Å². The second-order valence-corrected chi connectivity index (χ2v) is 8.90. The van der Waals surface area contributed by atoms with Crippen molar-refractivity contribution in [1.29, 1.82) is 0 Å². The van der Waals surface area contributed by atoms with E-state index in [4.69, 9.17) is 4.74 Å². The molecule has 0 aliphatic carbocycles. The number of carbonyl (C=O) groups excluding carboxylic acids is 2. The summed E-state index contributed by atoms with van der Waals surface area (Å²) in [5.41, 5.74) is 4.01. The number of pyridine rings is 1. The number of nitrogens with zero attached hydrogens (tertiary/aromatic N) is 2. The van der Waals surface area contributed by atoms with Gasteiger partial charge in [0.2, 0.25) is 0 Å². The summed E-state index contributed by atoms with van der Waals surface area (Å²) in [6, 6.07) is 18.8. The van der Waals surface area contributed by atoms with Crippen LogP contribution in [0.3, 0.4) is 0 Å². The Hall–Kier alpha value is -3.93. The molecular weight excluding hydrogens is 426 g/mol. The Kier molecular flexibility index (Phi) is 6.77. The van der Waals surface area contributed by atoms with Gasteiger partial charge in [0, 0.05) is 18.1 Å². The highest BCUT2D eigenvalue weighted by atomic mass is 16.5. The lowest BCUT2D eigenvalue weighted by atomic mass is 10.0. The van der Waals surface area contributed by atoms with Gasteiger partial charge < -0.3 is 10.1 Å². The molecule has 174 valence electrons. The zero-order valence-electron chi connectivity index (χ0n) is 19.9. The molecule has 1 N–H and O–H groups in total. The van der Waals surface area contributed by atoms with Gasteiger partial charge in [-0.1, -0.05) is 44.2 Å². The van der Waals surface area contributed by atoms with Crippen molar-refractivity contribution in [2.24, 2.45) is 0 Å². The molecule has 1 aliphatic rings. The van der Waals surface area contributed by atoms with Crippen molar-refractivity contribution in [2.45, 2.75) is 46.3 Å². The molecule has 0 bridgehead atoms. The highest BCUT2D eigenvalue weighted by Gasteiger charge is 2.39. The van der Waals surface area contributed by atoms with Gasteiger partial charge in [-0.3, -0.25) is 19.5 Å². The average molecular weight is 456 g/mol. The van der Waals surface area contributed by atoms with Crippen LogP contribution in [0.1, 0.15) is 50.3 Å². The van der Waals surface area contributed by atoms with Crippen molar-refractivity contribution < 1.29 is 14.3 Å². The third kappa shape index (κ3) is 5.01. The average Bonchev–Trinajstić information content (AvgIpc) is 3.04. The van der Waals surface area contributed by atoms with Crippen LogP contribution in [0.5, 0.6) is 5.75 Å². The number of anilines is 1. The maximum absolute atomic E-state index is 13.5. The normalized spacial score (nSPS) is 13.9. The molecule has 0 unspecified atom stereocenters. The van der Waals surface area contributed by atoms with Crippen LogP contribution < -0.4 is 10.1 Å². The smallest absolute Gasteiger partial charge is 0.278 e. The predicted molar refractivity (Wildman–Crippen MR) is 133 cm³/mol. The van der Waals surface area contributed by atoms with Crippen molar-refractivity contribution in [2.75, 3.05) is 5.32 Å². The van der Waals surface area contributed by atoms with Crippen LogP contribution in [0.4, 0.5) is 5.69 Å². The summed E-state index contributed by atoms with van der Waals surface area (Å²) in [5, 5.41) is 3.22. The zero-order chi connectivity index (χ0) is 24.2. The molecule has 0 atom stereocenters. The zero-order valence-corrected chi connectivity index (χ0v) is 19.9. The molecule has 0 saturated carbocycles. The molecule has 2 heterocycles. The summed E-state index contributed by atoms with van der Waals surface area (Å²) < 4.78 is 5.73. The SMILES string of the molecule is CC(C)Oc1ccc(C2=C(Nc3ccc(C(C)C)cc3)C(=O)N(Cc3cccnc3)C2=O)cc1. The quantitative estimate of drug-likeness (QED) is 0.462. The van der Waals surface area contributed by atoms with Crippen molar-refractivity contribution in [3.05, 3.63) is 95.4 Å². The monoisotopic (exact) mass is 455 g/mol. The van der Waals surface area contributed by atoms with Crippen LogP contribution in [0.2, 0.25) is 0 Å². The molecular formula is C28H29N3O3. The maximum Gasteiger partial charge on any atom is 0.278 e. The summed E-state index contributed by atoms with van der Waals surface area (Å²) in [6.07, 6.45) is 3.37. The standard InChI is InChI=1S/C28H29N3O3/c1-18(2)21-7-11-23(12-8-21)30-26-25(22-9-13-24(14-10-22)34-19(3)4)27(32)31(28(26)33)17-20-6-5-15-29-16-20/h5-16,18-19,30H,17H2,1-4H3. The van der Waals surface area contributed by atoms with Gasteiger partial charge in [0.15, 0.2) is 0 Å². The summed E-state index contributed by atoms with van der Waals surface area (Å²) in [5.74, 6) is 0.411. The molecule has 1 aromatic heterocycles. The van der Waals surface area contributed by atoms with E-state index in [0.717, 1.165) is 11.3 Å². The van der Waals surface area contributed by atoms with Crippen molar-refractivity contribution in [1.82, 2.24) is 9.88 Å². The van der Waals surface area contributed by atoms with Gasteiger partial charge in [0.1, 0.15) is 11.4 Å². The van der Waals surface area contributed by atoms with E-state index in [9.17, 15) is 9.59 Å². The third-order valence-electron chi connectivity index (χ3n) is 5.59. The molecule has 6 nitrogen and oxygen atoms in total. The second kappa shape index (κ2) is 9.91. The Balaban J connectivity index is 1.69. The fourth-order valence-corrected chi connectivity index (χ4v) is 3.85. The summed E-state index contributed by atoms with van der Waals surface area (Å²) in [7, 11) is 0. The molecule has 0 fully saturated rings. The number of amides is 2. The number of imide groups is 1. The van der Waals surface area contributed by atoms with Crippen LogP contribution in [-0.4, -0.2) is 27.8 Å². The summed E-state index contributed by atoms with van der Waals surface area (Å²) in [6.45, 7) is 8.33. The second-order valence-electron chi connectivity index (χ2n) is 8.90. The van der Waals surface area contributed by atoms with Crippen LogP contribution >= 0.6 is 0 Å². The number of benzene rings is 2. The number of carbonyl (C=O) groups is 2. The van der Waals surface area contributed by atoms with Gasteiger partial charge in [-0.05, 0) is 66.8 Å². The van der Waals surface area contributed by atoms with Crippen LogP contribution in [0, 0.1) is 0 Å². The first-order chi connectivity index (χ1) is 16.3. The molecule has 4 rings (SSSR count). The molecule has 0 spiro atoms. The topological polar surface area (TPSA) is 71.5 Å². The van der Waals surface area contributed by atoms with Gasteiger partial charge in [0.25, 0.3) is 11.8 Å². The minimum atomic E-state index is -0.362. The third-order valence-corrected chi connectivity index (χ3v) is 5.59. The van der Waals surface area contributed by atoms with Gasteiger partial charge in [-0.25, -0.2) is 0 Å². The molecule has 2 amide bonds. The highest BCUT2D eigenvalue weighted by molar-refractivity contribution is 6.36. The first kappa shape index (κ1) is 23.2. The van der Waals surface area contributed by atoms with Crippen molar-refractivity contribution in [3.8, 4) is 5.75 Å². The Bertz CT molecular complexity index is 1200. The Labute approximate surface area is 200 Å². The number of rotatable bonds is 8. The summed E-state index contributed by atoms with van der Waals surface area (Å²) in [4.78, 5) is 32.3. The molecule has 0 saturated heterocycles. The van der Waals surface area contributed by atoms with Gasteiger partial charge >= 0.3 is 0 Å². The minimum absolute atomic E-state index is 0.0424. The van der Waals surface area contributed by atoms with E-state index in [-0.39, 0.29) is 30.2 Å². The van der Waals surface area contributed by atoms with E-state index >= 15 is 0 Å². The first-order valence-electron chi connectivity index (χ1n) is 11.5. The maximum atomic E-state index is 13.5. The molecule has 6 heteroatoms. The van der Waals surface area contributed by atoms with Crippen LogP contribution in [0.25, 0.3) is 5.57 Å². The first-order valence-corrected chi connectivity index (χ1v) is 11.5. The molecule has 1 aliphatic heterocycles. The molecule has 34 heavy (non-hydrogen) atoms. The predicted octanol–water partition coefficient (Wildman–Crippen LogP) is 5.38. The fraction of sp³-hybridized carbons (Fsp3) is 0.250. The number of aromatic nitrogens is 1.